The minimum absolute atomic E-state index is 0.206. The first kappa shape index (κ1) is 17.7. The van der Waals surface area contributed by atoms with Crippen LogP contribution in [0.5, 0.6) is 0 Å². The van der Waals surface area contributed by atoms with E-state index in [0.717, 1.165) is 5.56 Å². The van der Waals surface area contributed by atoms with Crippen molar-refractivity contribution in [3.05, 3.63) is 82.6 Å². The fourth-order valence-electron chi connectivity index (χ4n) is 2.19. The van der Waals surface area contributed by atoms with Gasteiger partial charge in [-0.3, -0.25) is 4.79 Å². The van der Waals surface area contributed by atoms with Crippen LogP contribution in [-0.2, 0) is 4.79 Å². The molecule has 0 spiro atoms. The fourth-order valence-corrected chi connectivity index (χ4v) is 3.63. The molecule has 1 atom stereocenters. The summed E-state index contributed by atoms with van der Waals surface area (Å²) in [5.74, 6) is -0.206. The quantitative estimate of drug-likeness (QED) is 0.477. The number of aromatic nitrogens is 2. The van der Waals surface area contributed by atoms with Crippen LogP contribution in [0.3, 0.4) is 0 Å². The summed E-state index contributed by atoms with van der Waals surface area (Å²) in [7, 11) is 0. The zero-order valence-corrected chi connectivity index (χ0v) is 15.2. The van der Waals surface area contributed by atoms with Crippen molar-refractivity contribution in [2.24, 2.45) is 0 Å². The molecule has 0 radical (unpaired) electrons. The number of halogens is 2. The average Bonchev–Trinajstić information content (AvgIpc) is 2.60. The number of benzene rings is 2. The van der Waals surface area contributed by atoms with Crippen LogP contribution in [0.15, 0.2) is 72.1 Å². The maximum atomic E-state index is 12.9. The number of carbonyl (C=O) groups excluding carboxylic acids is 1. The Labute approximate surface area is 159 Å². The molecule has 4 nitrogen and oxygen atoms in total. The highest BCUT2D eigenvalue weighted by molar-refractivity contribution is 8.00. The number of amides is 1. The van der Waals surface area contributed by atoms with Gasteiger partial charge in [0.2, 0.25) is 5.91 Å². The Morgan fingerprint density at radius 3 is 2.24 bits per heavy atom. The number of thioether (sulfide) groups is 1. The molecule has 0 aliphatic rings. The van der Waals surface area contributed by atoms with Gasteiger partial charge in [0, 0.05) is 28.1 Å². The van der Waals surface area contributed by atoms with Crippen molar-refractivity contribution in [1.29, 1.82) is 0 Å². The fraction of sp³-hybridized carbons (Fsp3) is 0.0556. The van der Waals surface area contributed by atoms with E-state index >= 15 is 0 Å². The number of hydrogen-bond donors (Lipinski definition) is 1. The molecule has 0 saturated heterocycles. The molecule has 1 heterocycles. The second-order valence-corrected chi connectivity index (χ2v) is 7.03. The summed E-state index contributed by atoms with van der Waals surface area (Å²) in [5.41, 5.74) is 1.39. The Morgan fingerprint density at radius 1 is 0.960 bits per heavy atom. The zero-order chi connectivity index (χ0) is 17.6. The third kappa shape index (κ3) is 4.95. The number of anilines is 1. The first-order valence-electron chi connectivity index (χ1n) is 7.37. The van der Waals surface area contributed by atoms with E-state index in [-0.39, 0.29) is 5.91 Å². The smallest absolute Gasteiger partial charge is 0.242 e. The summed E-state index contributed by atoms with van der Waals surface area (Å²) in [6.45, 7) is 0. The Hall–Kier alpha value is -2.08. The number of nitrogens with zero attached hydrogens (tertiary/aromatic N) is 2. The van der Waals surface area contributed by atoms with Gasteiger partial charge < -0.3 is 5.32 Å². The standard InChI is InChI=1S/C18H13Cl2N3OS/c19-13-9-14(20)11-15(10-13)23-17(24)16(12-5-2-1-3-6-12)25-18-21-7-4-8-22-18/h1-11,16H,(H,23,24)/t16-/m0/s1. The van der Waals surface area contributed by atoms with Crippen molar-refractivity contribution in [2.75, 3.05) is 5.32 Å². The molecule has 1 aromatic heterocycles. The molecular formula is C18H13Cl2N3OS. The van der Waals surface area contributed by atoms with E-state index in [1.54, 1.807) is 36.7 Å². The lowest BCUT2D eigenvalue weighted by Crippen LogP contribution is -2.19. The van der Waals surface area contributed by atoms with E-state index in [0.29, 0.717) is 20.9 Å². The molecule has 3 rings (SSSR count). The van der Waals surface area contributed by atoms with Crippen LogP contribution in [0.4, 0.5) is 5.69 Å². The van der Waals surface area contributed by atoms with Crippen LogP contribution >= 0.6 is 35.0 Å². The Bertz CT molecular complexity index is 842. The Morgan fingerprint density at radius 2 is 1.60 bits per heavy atom. The molecule has 126 valence electrons. The van der Waals surface area contributed by atoms with Crippen LogP contribution in [-0.4, -0.2) is 15.9 Å². The van der Waals surface area contributed by atoms with Crippen LogP contribution in [0.25, 0.3) is 0 Å². The lowest BCUT2D eigenvalue weighted by atomic mass is 10.1. The Kier molecular flexibility index (Phi) is 5.91. The van der Waals surface area contributed by atoms with Gasteiger partial charge in [0.05, 0.1) is 0 Å². The van der Waals surface area contributed by atoms with Gasteiger partial charge in [0.15, 0.2) is 5.16 Å². The molecule has 1 amide bonds. The van der Waals surface area contributed by atoms with Crippen LogP contribution in [0.1, 0.15) is 10.8 Å². The summed E-state index contributed by atoms with van der Waals surface area (Å²) < 4.78 is 0. The van der Waals surface area contributed by atoms with Gasteiger partial charge in [-0.15, -0.1) is 0 Å². The van der Waals surface area contributed by atoms with Gasteiger partial charge in [0.1, 0.15) is 5.25 Å². The van der Waals surface area contributed by atoms with Crippen LogP contribution in [0.2, 0.25) is 10.0 Å². The summed E-state index contributed by atoms with van der Waals surface area (Å²) in [6, 6.07) is 16.1. The summed E-state index contributed by atoms with van der Waals surface area (Å²) in [4.78, 5) is 21.2. The highest BCUT2D eigenvalue weighted by atomic mass is 35.5. The maximum absolute atomic E-state index is 12.9. The largest absolute Gasteiger partial charge is 0.325 e. The predicted octanol–water partition coefficient (Wildman–Crippen LogP) is 5.26. The minimum Gasteiger partial charge on any atom is -0.325 e. The summed E-state index contributed by atoms with van der Waals surface area (Å²) in [5, 5.41) is 3.78. The normalized spacial score (nSPS) is 11.8. The molecule has 0 aliphatic carbocycles. The number of nitrogens with one attached hydrogen (secondary N) is 1. The first-order valence-corrected chi connectivity index (χ1v) is 9.01. The van der Waals surface area contributed by atoms with Crippen molar-refractivity contribution >= 4 is 46.6 Å². The van der Waals surface area contributed by atoms with Gasteiger partial charge in [0.25, 0.3) is 0 Å². The summed E-state index contributed by atoms with van der Waals surface area (Å²) >= 11 is 13.3. The zero-order valence-electron chi connectivity index (χ0n) is 12.9. The van der Waals surface area contributed by atoms with Crippen LogP contribution in [0, 0.1) is 0 Å². The van der Waals surface area contributed by atoms with Gasteiger partial charge in [-0.25, -0.2) is 9.97 Å². The Balaban J connectivity index is 1.86. The lowest BCUT2D eigenvalue weighted by Gasteiger charge is -2.16. The SMILES string of the molecule is O=C(Nc1cc(Cl)cc(Cl)c1)[C@@H](Sc1ncccn1)c1ccccc1. The predicted molar refractivity (Wildman–Crippen MR) is 102 cm³/mol. The molecule has 25 heavy (non-hydrogen) atoms. The van der Waals surface area contributed by atoms with E-state index in [1.807, 2.05) is 30.3 Å². The second-order valence-electron chi connectivity index (χ2n) is 5.09. The van der Waals surface area contributed by atoms with Crippen molar-refractivity contribution in [3.8, 4) is 0 Å². The van der Waals surface area contributed by atoms with E-state index in [2.05, 4.69) is 15.3 Å². The van der Waals surface area contributed by atoms with Crippen molar-refractivity contribution in [1.82, 2.24) is 9.97 Å². The third-order valence-corrected chi connectivity index (χ3v) is 4.82. The molecule has 0 fully saturated rings. The molecule has 0 aliphatic heterocycles. The average molecular weight is 390 g/mol. The van der Waals surface area contributed by atoms with Gasteiger partial charge in [-0.1, -0.05) is 65.3 Å². The molecule has 2 aromatic carbocycles. The minimum atomic E-state index is -0.513. The molecule has 1 N–H and O–H groups in total. The number of rotatable bonds is 5. The molecular weight excluding hydrogens is 377 g/mol. The molecule has 0 bridgehead atoms. The van der Waals surface area contributed by atoms with E-state index in [4.69, 9.17) is 23.2 Å². The molecule has 3 aromatic rings. The maximum Gasteiger partial charge on any atom is 0.242 e. The highest BCUT2D eigenvalue weighted by Gasteiger charge is 2.23. The topological polar surface area (TPSA) is 54.9 Å². The van der Waals surface area contributed by atoms with E-state index in [9.17, 15) is 4.79 Å². The molecule has 0 saturated carbocycles. The van der Waals surface area contributed by atoms with Crippen LogP contribution < -0.4 is 5.32 Å². The van der Waals surface area contributed by atoms with Gasteiger partial charge in [-0.2, -0.15) is 0 Å². The number of carbonyl (C=O) groups is 1. The van der Waals surface area contributed by atoms with Crippen molar-refractivity contribution in [3.63, 3.8) is 0 Å². The molecule has 0 unspecified atom stereocenters. The second kappa shape index (κ2) is 8.34. The van der Waals surface area contributed by atoms with E-state index < -0.39 is 5.25 Å². The lowest BCUT2D eigenvalue weighted by molar-refractivity contribution is -0.115. The molecule has 7 heteroatoms. The highest BCUT2D eigenvalue weighted by Crippen LogP contribution is 2.34. The van der Waals surface area contributed by atoms with Gasteiger partial charge in [-0.05, 0) is 29.8 Å². The van der Waals surface area contributed by atoms with Crippen molar-refractivity contribution < 1.29 is 4.79 Å². The number of hydrogen-bond acceptors (Lipinski definition) is 4. The van der Waals surface area contributed by atoms with Gasteiger partial charge >= 0.3 is 0 Å². The van der Waals surface area contributed by atoms with E-state index in [1.165, 1.54) is 11.8 Å². The summed E-state index contributed by atoms with van der Waals surface area (Å²) in [6.07, 6.45) is 3.29. The monoisotopic (exact) mass is 389 g/mol. The third-order valence-electron chi connectivity index (χ3n) is 3.24. The first-order chi connectivity index (χ1) is 12.1. The van der Waals surface area contributed by atoms with Crippen molar-refractivity contribution in [2.45, 2.75) is 10.4 Å².